The van der Waals surface area contributed by atoms with Crippen LogP contribution in [0.1, 0.15) is 16.8 Å². The molecule has 1 saturated heterocycles. The van der Waals surface area contributed by atoms with Crippen molar-refractivity contribution in [2.24, 2.45) is 0 Å². The third kappa shape index (κ3) is 3.94. The number of alkyl halides is 1. The number of benzene rings is 1. The van der Waals surface area contributed by atoms with Crippen LogP contribution in [0.15, 0.2) is 24.3 Å². The number of amides is 1. The van der Waals surface area contributed by atoms with Gasteiger partial charge in [0, 0.05) is 31.5 Å². The Morgan fingerprint density at radius 2 is 2.00 bits per heavy atom. The van der Waals surface area contributed by atoms with Crippen LogP contribution in [0.5, 0.6) is 0 Å². The van der Waals surface area contributed by atoms with E-state index in [0.29, 0.717) is 10.6 Å². The topological polar surface area (TPSA) is 23.6 Å². The highest BCUT2D eigenvalue weighted by molar-refractivity contribution is 9.09. The average molecular weight is 346 g/mol. The summed E-state index contributed by atoms with van der Waals surface area (Å²) in [7, 11) is 0. The van der Waals surface area contributed by atoms with Gasteiger partial charge in [0.25, 0.3) is 5.91 Å². The number of nitrogens with zero attached hydrogens (tertiary/aromatic N) is 2. The van der Waals surface area contributed by atoms with Crippen LogP contribution in [0.3, 0.4) is 0 Å². The summed E-state index contributed by atoms with van der Waals surface area (Å²) in [5.41, 5.74) is 0.609. The van der Waals surface area contributed by atoms with Gasteiger partial charge in [-0.25, -0.2) is 0 Å². The molecule has 0 unspecified atom stereocenters. The van der Waals surface area contributed by atoms with Gasteiger partial charge < -0.3 is 9.80 Å². The summed E-state index contributed by atoms with van der Waals surface area (Å²) in [6, 6.07) is 7.27. The quantitative estimate of drug-likeness (QED) is 0.787. The van der Waals surface area contributed by atoms with Crippen molar-refractivity contribution in [1.82, 2.24) is 9.80 Å². The largest absolute Gasteiger partial charge is 0.337 e. The second kappa shape index (κ2) is 7.27. The maximum absolute atomic E-state index is 12.5. The molecule has 1 aliphatic rings. The lowest BCUT2D eigenvalue weighted by Gasteiger charge is -2.22. The molecule has 0 aromatic heterocycles. The maximum atomic E-state index is 12.5. The van der Waals surface area contributed by atoms with Gasteiger partial charge in [0.2, 0.25) is 0 Å². The summed E-state index contributed by atoms with van der Waals surface area (Å²) in [5, 5.41) is 1.51. The Morgan fingerprint density at radius 3 is 2.74 bits per heavy atom. The highest BCUT2D eigenvalue weighted by atomic mass is 79.9. The standard InChI is InChI=1S/C14H18BrClN2O/c15-6-9-17-7-3-8-18(11-10-17)14(19)12-4-1-2-5-13(12)16/h1-2,4-5H,3,6-11H2. The Balaban J connectivity index is 2.02. The van der Waals surface area contributed by atoms with Crippen LogP contribution in [0.25, 0.3) is 0 Å². The molecule has 0 spiro atoms. The Labute approximate surface area is 127 Å². The normalized spacial score (nSPS) is 17.3. The minimum absolute atomic E-state index is 0.0475. The number of halogens is 2. The molecule has 0 atom stereocenters. The van der Waals surface area contributed by atoms with Gasteiger partial charge in [-0.15, -0.1) is 0 Å². The molecule has 0 radical (unpaired) electrons. The lowest BCUT2D eigenvalue weighted by molar-refractivity contribution is 0.0762. The Bertz CT molecular complexity index is 441. The zero-order valence-electron chi connectivity index (χ0n) is 10.8. The third-order valence-electron chi connectivity index (χ3n) is 3.38. The highest BCUT2D eigenvalue weighted by Gasteiger charge is 2.21. The molecule has 1 aliphatic heterocycles. The Morgan fingerprint density at radius 1 is 1.21 bits per heavy atom. The number of rotatable bonds is 3. The van der Waals surface area contributed by atoms with Crippen LogP contribution in [0, 0.1) is 0 Å². The fourth-order valence-corrected chi connectivity index (χ4v) is 3.04. The van der Waals surface area contributed by atoms with E-state index in [1.54, 1.807) is 12.1 Å². The number of carbonyl (C=O) groups excluding carboxylic acids is 1. The zero-order chi connectivity index (χ0) is 13.7. The Hall–Kier alpha value is -0.580. The van der Waals surface area contributed by atoms with Gasteiger partial charge >= 0.3 is 0 Å². The SMILES string of the molecule is O=C(c1ccccc1Cl)N1CCCN(CCBr)CC1. The average Bonchev–Trinajstić information content (AvgIpc) is 2.65. The van der Waals surface area contributed by atoms with Gasteiger partial charge in [0.15, 0.2) is 0 Å². The second-order valence-electron chi connectivity index (χ2n) is 4.66. The molecule has 104 valence electrons. The number of hydrogen-bond acceptors (Lipinski definition) is 2. The molecule has 1 amide bonds. The monoisotopic (exact) mass is 344 g/mol. The summed E-state index contributed by atoms with van der Waals surface area (Å²) in [6.07, 6.45) is 1.02. The fourth-order valence-electron chi connectivity index (χ4n) is 2.32. The first-order valence-corrected chi connectivity index (χ1v) is 8.04. The molecular formula is C14H18BrClN2O. The van der Waals surface area contributed by atoms with Crippen molar-refractivity contribution >= 4 is 33.4 Å². The number of hydrogen-bond donors (Lipinski definition) is 0. The minimum atomic E-state index is 0.0475. The molecule has 0 saturated carbocycles. The van der Waals surface area contributed by atoms with Gasteiger partial charge in [0.05, 0.1) is 10.6 Å². The van der Waals surface area contributed by atoms with Crippen LogP contribution in [-0.4, -0.2) is 53.8 Å². The van der Waals surface area contributed by atoms with E-state index in [1.165, 1.54) is 0 Å². The molecular weight excluding hydrogens is 328 g/mol. The third-order valence-corrected chi connectivity index (χ3v) is 4.06. The van der Waals surface area contributed by atoms with Gasteiger partial charge in [-0.1, -0.05) is 39.7 Å². The van der Waals surface area contributed by atoms with Crippen molar-refractivity contribution in [1.29, 1.82) is 0 Å². The molecule has 2 rings (SSSR count). The van der Waals surface area contributed by atoms with E-state index in [9.17, 15) is 4.79 Å². The molecule has 0 aliphatic carbocycles. The minimum Gasteiger partial charge on any atom is -0.337 e. The predicted octanol–water partition coefficient (Wildman–Crippen LogP) is 2.88. The molecule has 1 fully saturated rings. The predicted molar refractivity (Wildman–Crippen MR) is 82.2 cm³/mol. The van der Waals surface area contributed by atoms with Crippen molar-refractivity contribution in [2.45, 2.75) is 6.42 Å². The first-order valence-electron chi connectivity index (χ1n) is 6.54. The maximum Gasteiger partial charge on any atom is 0.255 e. The van der Waals surface area contributed by atoms with Crippen molar-refractivity contribution < 1.29 is 4.79 Å². The lowest BCUT2D eigenvalue weighted by atomic mass is 10.2. The summed E-state index contributed by atoms with van der Waals surface area (Å²) in [6.45, 7) is 4.60. The van der Waals surface area contributed by atoms with Crippen LogP contribution < -0.4 is 0 Å². The van der Waals surface area contributed by atoms with Gasteiger partial charge in [-0.05, 0) is 25.1 Å². The van der Waals surface area contributed by atoms with E-state index in [2.05, 4.69) is 20.8 Å². The van der Waals surface area contributed by atoms with Crippen LogP contribution in [-0.2, 0) is 0 Å². The van der Waals surface area contributed by atoms with Crippen LogP contribution in [0.2, 0.25) is 5.02 Å². The molecule has 0 N–H and O–H groups in total. The van der Waals surface area contributed by atoms with E-state index in [0.717, 1.165) is 44.5 Å². The van der Waals surface area contributed by atoms with E-state index in [4.69, 9.17) is 11.6 Å². The fraction of sp³-hybridized carbons (Fsp3) is 0.500. The van der Waals surface area contributed by atoms with Crippen molar-refractivity contribution in [2.75, 3.05) is 38.1 Å². The van der Waals surface area contributed by atoms with E-state index < -0.39 is 0 Å². The second-order valence-corrected chi connectivity index (χ2v) is 5.86. The summed E-state index contributed by atoms with van der Waals surface area (Å²) < 4.78 is 0. The zero-order valence-corrected chi connectivity index (χ0v) is 13.2. The van der Waals surface area contributed by atoms with E-state index in [1.807, 2.05) is 17.0 Å². The molecule has 1 heterocycles. The van der Waals surface area contributed by atoms with Crippen LogP contribution >= 0.6 is 27.5 Å². The van der Waals surface area contributed by atoms with Crippen molar-refractivity contribution in [3.8, 4) is 0 Å². The van der Waals surface area contributed by atoms with Crippen LogP contribution in [0.4, 0.5) is 0 Å². The molecule has 1 aromatic carbocycles. The first-order chi connectivity index (χ1) is 9.22. The smallest absolute Gasteiger partial charge is 0.255 e. The molecule has 3 nitrogen and oxygen atoms in total. The Kier molecular flexibility index (Phi) is 5.67. The first kappa shape index (κ1) is 14.8. The molecule has 19 heavy (non-hydrogen) atoms. The molecule has 1 aromatic rings. The lowest BCUT2D eigenvalue weighted by Crippen LogP contribution is -2.35. The number of carbonyl (C=O) groups is 1. The van der Waals surface area contributed by atoms with E-state index >= 15 is 0 Å². The molecule has 0 bridgehead atoms. The summed E-state index contributed by atoms with van der Waals surface area (Å²) in [5.74, 6) is 0.0475. The van der Waals surface area contributed by atoms with E-state index in [-0.39, 0.29) is 5.91 Å². The van der Waals surface area contributed by atoms with Gasteiger partial charge in [0.1, 0.15) is 0 Å². The van der Waals surface area contributed by atoms with Crippen molar-refractivity contribution in [3.63, 3.8) is 0 Å². The molecule has 5 heteroatoms. The van der Waals surface area contributed by atoms with Gasteiger partial charge in [-0.2, -0.15) is 0 Å². The van der Waals surface area contributed by atoms with Crippen molar-refractivity contribution in [3.05, 3.63) is 34.9 Å². The van der Waals surface area contributed by atoms with Gasteiger partial charge in [-0.3, -0.25) is 4.79 Å². The summed E-state index contributed by atoms with van der Waals surface area (Å²) >= 11 is 9.55. The summed E-state index contributed by atoms with van der Waals surface area (Å²) in [4.78, 5) is 16.7. The highest BCUT2D eigenvalue weighted by Crippen LogP contribution is 2.18.